The minimum Gasteiger partial charge on any atom is -0.457 e. The maximum Gasteiger partial charge on any atom is 0.343 e. The summed E-state index contributed by atoms with van der Waals surface area (Å²) < 4.78 is 31.9. The average molecular weight is 647 g/mol. The molecule has 0 atom stereocenters. The first-order valence-corrected chi connectivity index (χ1v) is 14.7. The van der Waals surface area contributed by atoms with Gasteiger partial charge in [-0.15, -0.1) is 0 Å². The molecule has 0 aliphatic rings. The fourth-order valence-electron chi connectivity index (χ4n) is 4.63. The van der Waals surface area contributed by atoms with E-state index in [9.17, 15) is 19.2 Å². The van der Waals surface area contributed by atoms with Gasteiger partial charge in [-0.2, -0.15) is 0 Å². The summed E-state index contributed by atoms with van der Waals surface area (Å²) in [7, 11) is 0. The molecule has 0 aliphatic carbocycles. The topological polar surface area (TPSA) is 124 Å². The van der Waals surface area contributed by atoms with Crippen molar-refractivity contribution in [2.75, 3.05) is 13.6 Å². The van der Waals surface area contributed by atoms with E-state index in [1.165, 1.54) is 0 Å². The molecule has 5 aromatic carbocycles. The Kier molecular flexibility index (Phi) is 10.5. The van der Waals surface area contributed by atoms with Crippen molar-refractivity contribution in [3.05, 3.63) is 133 Å². The lowest BCUT2D eigenvalue weighted by atomic mass is 10.1. The molecule has 242 valence electrons. The first-order valence-electron chi connectivity index (χ1n) is 14.7. The van der Waals surface area contributed by atoms with E-state index in [0.29, 0.717) is 46.1 Å². The Balaban J connectivity index is 1.21. The van der Waals surface area contributed by atoms with Crippen LogP contribution in [-0.2, 0) is 25.5 Å². The Morgan fingerprint density at radius 3 is 1.52 bits per heavy atom. The van der Waals surface area contributed by atoms with Gasteiger partial charge in [0.25, 0.3) is 0 Å². The molecule has 0 N–H and O–H groups in total. The van der Waals surface area contributed by atoms with Gasteiger partial charge in [0.15, 0.2) is 0 Å². The molecule has 0 amide bonds. The van der Waals surface area contributed by atoms with Crippen LogP contribution in [0, 0.1) is 0 Å². The SMILES string of the molecule is C=CC(=O)OCOc1ccc2cc(C(=O)Oc3ccc(OC(=O)c4ccc5cc(OCOC(=O)C=C)ccc5c4)c(CC)c3)ccc2c1. The molecule has 5 rings (SSSR count). The number of hydrogen-bond acceptors (Lipinski definition) is 10. The van der Waals surface area contributed by atoms with Gasteiger partial charge in [-0.25, -0.2) is 19.2 Å². The second kappa shape index (κ2) is 15.2. The van der Waals surface area contributed by atoms with E-state index in [2.05, 4.69) is 13.2 Å². The Hall–Kier alpha value is -6.42. The van der Waals surface area contributed by atoms with Gasteiger partial charge in [-0.3, -0.25) is 0 Å². The Morgan fingerprint density at radius 1 is 0.562 bits per heavy atom. The van der Waals surface area contributed by atoms with E-state index in [1.54, 1.807) is 91.0 Å². The largest absolute Gasteiger partial charge is 0.457 e. The number of ether oxygens (including phenoxy) is 6. The van der Waals surface area contributed by atoms with E-state index in [-0.39, 0.29) is 13.6 Å². The highest BCUT2D eigenvalue weighted by atomic mass is 16.7. The molecule has 0 aromatic heterocycles. The van der Waals surface area contributed by atoms with Crippen molar-refractivity contribution in [1.82, 2.24) is 0 Å². The Labute approximate surface area is 275 Å². The molecular formula is C38H30O10. The molecule has 0 saturated carbocycles. The summed E-state index contributed by atoms with van der Waals surface area (Å²) in [6.07, 6.45) is 2.62. The highest BCUT2D eigenvalue weighted by Gasteiger charge is 2.16. The highest BCUT2D eigenvalue weighted by molar-refractivity contribution is 5.98. The molecule has 10 heteroatoms. The summed E-state index contributed by atoms with van der Waals surface area (Å²) >= 11 is 0. The highest BCUT2D eigenvalue weighted by Crippen LogP contribution is 2.28. The molecule has 0 bridgehead atoms. The van der Waals surface area contributed by atoms with Gasteiger partial charge in [0.1, 0.15) is 23.0 Å². The molecule has 5 aromatic rings. The summed E-state index contributed by atoms with van der Waals surface area (Å²) in [6, 6.07) is 25.5. The lowest BCUT2D eigenvalue weighted by molar-refractivity contribution is -0.145. The summed E-state index contributed by atoms with van der Waals surface area (Å²) in [6.45, 7) is 8.06. The zero-order valence-electron chi connectivity index (χ0n) is 25.9. The lowest BCUT2D eigenvalue weighted by Gasteiger charge is -2.12. The molecule has 0 fully saturated rings. The zero-order valence-corrected chi connectivity index (χ0v) is 25.9. The predicted octanol–water partition coefficient (Wildman–Crippen LogP) is 7.12. The molecular weight excluding hydrogens is 616 g/mol. The molecule has 0 radical (unpaired) electrons. The minimum atomic E-state index is -0.585. The van der Waals surface area contributed by atoms with Gasteiger partial charge in [0, 0.05) is 12.2 Å². The van der Waals surface area contributed by atoms with Gasteiger partial charge in [-0.05, 0) is 100 Å². The third-order valence-electron chi connectivity index (χ3n) is 7.11. The van der Waals surface area contributed by atoms with Crippen molar-refractivity contribution < 1.29 is 47.6 Å². The van der Waals surface area contributed by atoms with Crippen molar-refractivity contribution >= 4 is 45.4 Å². The molecule has 10 nitrogen and oxygen atoms in total. The summed E-state index contributed by atoms with van der Waals surface area (Å²) in [4.78, 5) is 48.4. The van der Waals surface area contributed by atoms with Crippen LogP contribution in [0.4, 0.5) is 0 Å². The number of rotatable bonds is 13. The molecule has 48 heavy (non-hydrogen) atoms. The second-order valence-electron chi connectivity index (χ2n) is 10.2. The fraction of sp³-hybridized carbons (Fsp3) is 0.105. The van der Waals surface area contributed by atoms with Crippen LogP contribution in [0.3, 0.4) is 0 Å². The van der Waals surface area contributed by atoms with E-state index < -0.39 is 23.9 Å². The smallest absolute Gasteiger partial charge is 0.343 e. The monoisotopic (exact) mass is 646 g/mol. The Bertz CT molecular complexity index is 2050. The fourth-order valence-corrected chi connectivity index (χ4v) is 4.63. The van der Waals surface area contributed by atoms with Gasteiger partial charge >= 0.3 is 23.9 Å². The third-order valence-corrected chi connectivity index (χ3v) is 7.11. The number of benzene rings is 5. The van der Waals surface area contributed by atoms with E-state index in [1.807, 2.05) is 6.92 Å². The standard InChI is InChI=1S/C38H30O10/c1-4-24-19-33(47-37(41)29-9-7-27-20-31(13-11-25(27)17-29)43-22-45-35(39)5-2)15-16-34(24)48-38(42)30-10-8-28-21-32(14-12-26(28)18-30)44-23-46-36(40)6-3/h5-21H,2-4,22-23H2,1H3. The molecule has 0 unspecified atom stereocenters. The second-order valence-corrected chi connectivity index (χ2v) is 10.2. The lowest BCUT2D eigenvalue weighted by Crippen LogP contribution is -2.11. The number of carbonyl (C=O) groups excluding carboxylic acids is 4. The first kappa shape index (κ1) is 33.0. The van der Waals surface area contributed by atoms with Crippen LogP contribution in [0.1, 0.15) is 33.2 Å². The Morgan fingerprint density at radius 2 is 1.02 bits per heavy atom. The number of carbonyl (C=O) groups is 4. The summed E-state index contributed by atoms with van der Waals surface area (Å²) in [5.74, 6) is -0.626. The number of hydrogen-bond donors (Lipinski definition) is 0. The maximum atomic E-state index is 13.1. The van der Waals surface area contributed by atoms with Gasteiger partial charge < -0.3 is 28.4 Å². The maximum absolute atomic E-state index is 13.1. The van der Waals surface area contributed by atoms with Crippen LogP contribution in [0.15, 0.2) is 116 Å². The van der Waals surface area contributed by atoms with Gasteiger partial charge in [0.05, 0.1) is 11.1 Å². The average Bonchev–Trinajstić information content (AvgIpc) is 3.11. The predicted molar refractivity (Wildman–Crippen MR) is 177 cm³/mol. The summed E-state index contributed by atoms with van der Waals surface area (Å²) in [5.41, 5.74) is 1.37. The zero-order chi connectivity index (χ0) is 34.0. The van der Waals surface area contributed by atoms with Gasteiger partial charge in [0.2, 0.25) is 13.6 Å². The number of fused-ring (bicyclic) bond motifs is 2. The van der Waals surface area contributed by atoms with Crippen LogP contribution < -0.4 is 18.9 Å². The number of esters is 4. The normalized spacial score (nSPS) is 10.5. The van der Waals surface area contributed by atoms with Crippen LogP contribution in [-0.4, -0.2) is 37.5 Å². The molecule has 0 saturated heterocycles. The molecule has 0 aliphatic heterocycles. The van der Waals surface area contributed by atoms with Crippen molar-refractivity contribution in [3.63, 3.8) is 0 Å². The van der Waals surface area contributed by atoms with E-state index in [4.69, 9.17) is 28.4 Å². The molecule has 0 spiro atoms. The van der Waals surface area contributed by atoms with Crippen molar-refractivity contribution in [1.29, 1.82) is 0 Å². The van der Waals surface area contributed by atoms with Crippen molar-refractivity contribution in [2.24, 2.45) is 0 Å². The minimum absolute atomic E-state index is 0.251. The third kappa shape index (κ3) is 8.24. The number of aryl methyl sites for hydroxylation is 1. The van der Waals surface area contributed by atoms with Gasteiger partial charge in [-0.1, -0.05) is 44.3 Å². The van der Waals surface area contributed by atoms with E-state index in [0.717, 1.165) is 33.7 Å². The first-order chi connectivity index (χ1) is 23.3. The van der Waals surface area contributed by atoms with E-state index >= 15 is 0 Å². The quantitative estimate of drug-likeness (QED) is 0.0565. The molecule has 0 heterocycles. The van der Waals surface area contributed by atoms with Crippen LogP contribution in [0.5, 0.6) is 23.0 Å². The van der Waals surface area contributed by atoms with Crippen molar-refractivity contribution in [3.8, 4) is 23.0 Å². The van der Waals surface area contributed by atoms with Crippen LogP contribution >= 0.6 is 0 Å². The summed E-state index contributed by atoms with van der Waals surface area (Å²) in [5, 5.41) is 3.19. The van der Waals surface area contributed by atoms with Crippen LogP contribution in [0.2, 0.25) is 0 Å². The van der Waals surface area contributed by atoms with Crippen molar-refractivity contribution in [2.45, 2.75) is 13.3 Å². The van der Waals surface area contributed by atoms with Crippen LogP contribution in [0.25, 0.3) is 21.5 Å².